The van der Waals surface area contributed by atoms with Gasteiger partial charge in [-0.1, -0.05) is 37.6 Å². The lowest BCUT2D eigenvalue weighted by atomic mass is 9.48. The maximum Gasteiger partial charge on any atom is 0.302 e. The molecule has 2 nitrogen and oxygen atoms in total. The van der Waals surface area contributed by atoms with Crippen molar-refractivity contribution in [3.8, 4) is 0 Å². The molecule has 0 radical (unpaired) electrons. The minimum Gasteiger partial charge on any atom is -0.462 e. The molecular formula is C22H32O2. The highest BCUT2D eigenvalue weighted by atomic mass is 16.5. The number of carbonyl (C=O) groups is 1. The van der Waals surface area contributed by atoms with Crippen LogP contribution in [0.5, 0.6) is 0 Å². The molecule has 0 aromatic heterocycles. The Morgan fingerprint density at radius 2 is 1.88 bits per heavy atom. The maximum atomic E-state index is 11.3. The summed E-state index contributed by atoms with van der Waals surface area (Å²) in [7, 11) is 0. The molecule has 0 unspecified atom stereocenters. The molecule has 0 heterocycles. The number of ether oxygens (including phenoxy) is 1. The summed E-state index contributed by atoms with van der Waals surface area (Å²) in [6, 6.07) is 0. The highest BCUT2D eigenvalue weighted by Gasteiger charge is 2.56. The van der Waals surface area contributed by atoms with E-state index in [9.17, 15) is 4.79 Å². The molecule has 4 rings (SSSR count). The summed E-state index contributed by atoms with van der Waals surface area (Å²) < 4.78 is 5.53. The van der Waals surface area contributed by atoms with E-state index in [1.54, 1.807) is 5.57 Å². The van der Waals surface area contributed by atoms with Gasteiger partial charge in [0.15, 0.2) is 0 Å². The molecule has 3 fully saturated rings. The van der Waals surface area contributed by atoms with E-state index in [1.807, 2.05) is 0 Å². The standard InChI is InChI=1S/C22H32O2/c1-14-5-8-19-18-7-6-16-13-17(24-15(2)23)9-11-22(16,4)20(18)10-12-21(14,19)3/h6,17-20H,1,5,7-13H2,2-4H3/t17-,18+,19+,20+,21-,22+/m1/s1. The van der Waals surface area contributed by atoms with Crippen molar-refractivity contribution < 1.29 is 9.53 Å². The molecule has 132 valence electrons. The Labute approximate surface area is 146 Å². The highest BCUT2D eigenvalue weighted by molar-refractivity contribution is 5.66. The van der Waals surface area contributed by atoms with Gasteiger partial charge in [0.25, 0.3) is 0 Å². The fourth-order valence-electron chi connectivity index (χ4n) is 6.87. The van der Waals surface area contributed by atoms with Gasteiger partial charge in [-0.3, -0.25) is 4.79 Å². The Kier molecular flexibility index (Phi) is 3.75. The van der Waals surface area contributed by atoms with Gasteiger partial charge >= 0.3 is 5.97 Å². The Hall–Kier alpha value is -1.05. The molecule has 0 amide bonds. The quantitative estimate of drug-likeness (QED) is 0.473. The van der Waals surface area contributed by atoms with Gasteiger partial charge in [-0.05, 0) is 73.5 Å². The summed E-state index contributed by atoms with van der Waals surface area (Å²) in [5, 5.41) is 0. The van der Waals surface area contributed by atoms with Crippen molar-refractivity contribution in [3.05, 3.63) is 23.8 Å². The van der Waals surface area contributed by atoms with Crippen LogP contribution in [0.4, 0.5) is 0 Å². The van der Waals surface area contributed by atoms with Crippen LogP contribution in [-0.4, -0.2) is 12.1 Å². The van der Waals surface area contributed by atoms with E-state index >= 15 is 0 Å². The van der Waals surface area contributed by atoms with Crippen molar-refractivity contribution in [2.75, 3.05) is 0 Å². The summed E-state index contributed by atoms with van der Waals surface area (Å²) in [5.41, 5.74) is 3.84. The van der Waals surface area contributed by atoms with Crippen molar-refractivity contribution in [1.82, 2.24) is 0 Å². The predicted molar refractivity (Wildman–Crippen MR) is 96.4 cm³/mol. The van der Waals surface area contributed by atoms with Crippen LogP contribution in [0.2, 0.25) is 0 Å². The Morgan fingerprint density at radius 1 is 1.17 bits per heavy atom. The number of allylic oxidation sites excluding steroid dienone is 2. The molecule has 0 aliphatic heterocycles. The van der Waals surface area contributed by atoms with Crippen LogP contribution in [0.1, 0.15) is 72.1 Å². The second-order valence-corrected chi connectivity index (χ2v) is 9.33. The van der Waals surface area contributed by atoms with Crippen LogP contribution < -0.4 is 0 Å². The van der Waals surface area contributed by atoms with Gasteiger partial charge < -0.3 is 4.74 Å². The minimum atomic E-state index is -0.129. The van der Waals surface area contributed by atoms with Crippen molar-refractivity contribution >= 4 is 5.97 Å². The second-order valence-electron chi connectivity index (χ2n) is 9.33. The van der Waals surface area contributed by atoms with Crippen LogP contribution in [-0.2, 0) is 9.53 Å². The SMILES string of the molecule is C=C1CC[C@H]2[C@@H]3CC=C4C[C@H](OC(C)=O)CC[C@]4(C)[C@H]3CC[C@]12C. The van der Waals surface area contributed by atoms with Gasteiger partial charge in [0.1, 0.15) is 6.10 Å². The molecule has 2 heteroatoms. The lowest BCUT2D eigenvalue weighted by molar-refractivity contribution is -0.148. The smallest absolute Gasteiger partial charge is 0.302 e. The van der Waals surface area contributed by atoms with E-state index in [4.69, 9.17) is 4.74 Å². The fraction of sp³-hybridized carbons (Fsp3) is 0.773. The normalized spacial score (nSPS) is 47.3. The number of rotatable bonds is 1. The first-order valence-electron chi connectivity index (χ1n) is 9.89. The molecule has 0 aromatic rings. The molecule has 4 aliphatic rings. The molecule has 0 saturated heterocycles. The monoisotopic (exact) mass is 328 g/mol. The molecule has 24 heavy (non-hydrogen) atoms. The minimum absolute atomic E-state index is 0.110. The summed E-state index contributed by atoms with van der Waals surface area (Å²) in [4.78, 5) is 11.3. The zero-order valence-corrected chi connectivity index (χ0v) is 15.6. The predicted octanol–water partition coefficient (Wildman–Crippen LogP) is 5.44. The number of hydrogen-bond acceptors (Lipinski definition) is 2. The molecule has 0 bridgehead atoms. The summed E-state index contributed by atoms with van der Waals surface area (Å²) in [6.07, 6.45) is 12.3. The fourth-order valence-corrected chi connectivity index (χ4v) is 6.87. The molecule has 0 spiro atoms. The van der Waals surface area contributed by atoms with Gasteiger partial charge in [0.05, 0.1) is 0 Å². The number of fused-ring (bicyclic) bond motifs is 5. The largest absolute Gasteiger partial charge is 0.462 e. The average Bonchev–Trinajstić information content (AvgIpc) is 2.83. The Bertz CT molecular complexity index is 603. The molecule has 0 aromatic carbocycles. The van der Waals surface area contributed by atoms with Crippen LogP contribution in [0.25, 0.3) is 0 Å². The molecular weight excluding hydrogens is 296 g/mol. The number of carbonyl (C=O) groups excluding carboxylic acids is 1. The van der Waals surface area contributed by atoms with E-state index in [0.717, 1.165) is 30.6 Å². The first-order chi connectivity index (χ1) is 11.3. The van der Waals surface area contributed by atoms with Crippen LogP contribution in [0.15, 0.2) is 23.8 Å². The van der Waals surface area contributed by atoms with Gasteiger partial charge in [-0.25, -0.2) is 0 Å². The summed E-state index contributed by atoms with van der Waals surface area (Å²) in [6.45, 7) is 11.0. The van der Waals surface area contributed by atoms with Gasteiger partial charge in [0, 0.05) is 13.3 Å². The third-order valence-corrected chi connectivity index (χ3v) is 8.35. The first-order valence-corrected chi connectivity index (χ1v) is 9.89. The zero-order valence-electron chi connectivity index (χ0n) is 15.6. The van der Waals surface area contributed by atoms with Crippen molar-refractivity contribution in [2.45, 2.75) is 78.2 Å². The van der Waals surface area contributed by atoms with Crippen molar-refractivity contribution in [3.63, 3.8) is 0 Å². The number of hydrogen-bond donors (Lipinski definition) is 0. The van der Waals surface area contributed by atoms with Gasteiger partial charge in [0.2, 0.25) is 0 Å². The average molecular weight is 328 g/mol. The lowest BCUT2D eigenvalue weighted by Gasteiger charge is -2.57. The van der Waals surface area contributed by atoms with Crippen LogP contribution in [0.3, 0.4) is 0 Å². The Morgan fingerprint density at radius 3 is 2.62 bits per heavy atom. The Balaban J connectivity index is 1.60. The summed E-state index contributed by atoms with van der Waals surface area (Å²) >= 11 is 0. The molecule has 3 saturated carbocycles. The molecule has 6 atom stereocenters. The van der Waals surface area contributed by atoms with Gasteiger partial charge in [-0.2, -0.15) is 0 Å². The van der Waals surface area contributed by atoms with Crippen molar-refractivity contribution in [2.24, 2.45) is 28.6 Å². The van der Waals surface area contributed by atoms with Crippen LogP contribution >= 0.6 is 0 Å². The molecule has 4 aliphatic carbocycles. The van der Waals surface area contributed by atoms with Crippen molar-refractivity contribution in [1.29, 1.82) is 0 Å². The topological polar surface area (TPSA) is 26.3 Å². The maximum absolute atomic E-state index is 11.3. The third-order valence-electron chi connectivity index (χ3n) is 8.35. The van der Waals surface area contributed by atoms with Gasteiger partial charge in [-0.15, -0.1) is 0 Å². The molecule has 0 N–H and O–H groups in total. The first kappa shape index (κ1) is 16.4. The van der Waals surface area contributed by atoms with Crippen LogP contribution in [0, 0.1) is 28.6 Å². The van der Waals surface area contributed by atoms with E-state index in [0.29, 0.717) is 10.8 Å². The summed E-state index contributed by atoms with van der Waals surface area (Å²) in [5.74, 6) is 2.36. The third kappa shape index (κ3) is 2.24. The van der Waals surface area contributed by atoms with E-state index in [1.165, 1.54) is 51.0 Å². The highest BCUT2D eigenvalue weighted by Crippen LogP contribution is 2.65. The zero-order chi connectivity index (χ0) is 17.1. The lowest BCUT2D eigenvalue weighted by Crippen LogP contribution is -2.49. The van der Waals surface area contributed by atoms with E-state index < -0.39 is 0 Å². The number of esters is 1. The van der Waals surface area contributed by atoms with E-state index in [2.05, 4.69) is 26.5 Å². The van der Waals surface area contributed by atoms with E-state index in [-0.39, 0.29) is 12.1 Å². The second kappa shape index (κ2) is 5.47.